The van der Waals surface area contributed by atoms with E-state index in [1.807, 2.05) is 4.90 Å². The molecule has 1 amide bonds. The number of benzene rings is 1. The van der Waals surface area contributed by atoms with Crippen molar-refractivity contribution >= 4 is 11.6 Å². The van der Waals surface area contributed by atoms with Gasteiger partial charge in [-0.3, -0.25) is 9.69 Å². The van der Waals surface area contributed by atoms with E-state index >= 15 is 0 Å². The first-order valence-electron chi connectivity index (χ1n) is 6.40. The molecule has 1 aromatic rings. The zero-order valence-electron chi connectivity index (χ0n) is 11.0. The Morgan fingerprint density at radius 2 is 1.75 bits per heavy atom. The smallest absolute Gasteiger partial charge is 0.254 e. The van der Waals surface area contributed by atoms with Crippen LogP contribution in [0.5, 0.6) is 0 Å². The van der Waals surface area contributed by atoms with E-state index in [1.54, 1.807) is 0 Å². The zero-order chi connectivity index (χ0) is 14.7. The molecular weight excluding hydrogens is 268 g/mol. The largest absolute Gasteiger partial charge is 0.395 e. The maximum Gasteiger partial charge on any atom is 0.254 e. The molecule has 0 bridgehead atoms. The highest BCUT2D eigenvalue weighted by Gasteiger charge is 2.23. The standard InChI is InChI=1S/C13H17F2N3O2/c14-10-7-9(8-11(15)12(10)16)13(20)18-3-1-17(2-4-18)5-6-19/h7-8,19H,1-6,16H2. The van der Waals surface area contributed by atoms with Crippen molar-refractivity contribution in [3.63, 3.8) is 0 Å². The van der Waals surface area contributed by atoms with Crippen LogP contribution in [-0.4, -0.2) is 60.1 Å². The van der Waals surface area contributed by atoms with Gasteiger partial charge in [0.05, 0.1) is 6.61 Å². The minimum Gasteiger partial charge on any atom is -0.395 e. The highest BCUT2D eigenvalue weighted by Crippen LogP contribution is 2.19. The van der Waals surface area contributed by atoms with Crippen molar-refractivity contribution < 1.29 is 18.7 Å². The van der Waals surface area contributed by atoms with E-state index in [2.05, 4.69) is 0 Å². The Balaban J connectivity index is 2.06. The number of carbonyl (C=O) groups is 1. The number of anilines is 1. The summed E-state index contributed by atoms with van der Waals surface area (Å²) in [5.74, 6) is -2.26. The average Bonchev–Trinajstić information content (AvgIpc) is 2.44. The van der Waals surface area contributed by atoms with Crippen LogP contribution in [0.3, 0.4) is 0 Å². The van der Waals surface area contributed by atoms with Crippen molar-refractivity contribution in [1.29, 1.82) is 0 Å². The van der Waals surface area contributed by atoms with E-state index in [-0.39, 0.29) is 12.2 Å². The Morgan fingerprint density at radius 1 is 1.20 bits per heavy atom. The topological polar surface area (TPSA) is 69.8 Å². The van der Waals surface area contributed by atoms with Gasteiger partial charge in [0, 0.05) is 38.3 Å². The molecule has 0 aliphatic carbocycles. The predicted octanol–water partition coefficient (Wildman–Crippen LogP) is 0.297. The van der Waals surface area contributed by atoms with Gasteiger partial charge >= 0.3 is 0 Å². The molecule has 0 unspecified atom stereocenters. The van der Waals surface area contributed by atoms with E-state index in [1.165, 1.54) is 4.90 Å². The van der Waals surface area contributed by atoms with Gasteiger partial charge < -0.3 is 15.7 Å². The van der Waals surface area contributed by atoms with Crippen molar-refractivity contribution in [2.45, 2.75) is 0 Å². The summed E-state index contributed by atoms with van der Waals surface area (Å²) >= 11 is 0. The second kappa shape index (κ2) is 6.15. The van der Waals surface area contributed by atoms with E-state index < -0.39 is 23.2 Å². The van der Waals surface area contributed by atoms with Gasteiger partial charge in [-0.25, -0.2) is 8.78 Å². The van der Waals surface area contributed by atoms with Crippen LogP contribution in [0.4, 0.5) is 14.5 Å². The van der Waals surface area contributed by atoms with Crippen LogP contribution in [0.15, 0.2) is 12.1 Å². The summed E-state index contributed by atoms with van der Waals surface area (Å²) in [6.07, 6.45) is 0. The second-order valence-corrected chi connectivity index (χ2v) is 4.71. The fraction of sp³-hybridized carbons (Fsp3) is 0.462. The number of amides is 1. The Labute approximate surface area is 115 Å². The van der Waals surface area contributed by atoms with Crippen molar-refractivity contribution in [3.8, 4) is 0 Å². The third-order valence-corrected chi connectivity index (χ3v) is 3.40. The third-order valence-electron chi connectivity index (χ3n) is 3.40. The molecule has 0 aromatic heterocycles. The second-order valence-electron chi connectivity index (χ2n) is 4.71. The number of hydrogen-bond donors (Lipinski definition) is 2. The minimum atomic E-state index is -0.924. The molecule has 2 rings (SSSR count). The number of nitrogens with two attached hydrogens (primary N) is 1. The van der Waals surface area contributed by atoms with Crippen LogP contribution in [0, 0.1) is 11.6 Å². The lowest BCUT2D eigenvalue weighted by Gasteiger charge is -2.34. The fourth-order valence-electron chi connectivity index (χ4n) is 2.21. The molecular formula is C13H17F2N3O2. The van der Waals surface area contributed by atoms with Gasteiger partial charge in [-0.15, -0.1) is 0 Å². The van der Waals surface area contributed by atoms with E-state index in [0.29, 0.717) is 32.7 Å². The lowest BCUT2D eigenvalue weighted by atomic mass is 10.1. The maximum absolute atomic E-state index is 13.4. The number of β-amino-alcohol motifs (C(OH)–C–C–N with tert-alkyl or cyclic N) is 1. The van der Waals surface area contributed by atoms with E-state index in [4.69, 9.17) is 10.8 Å². The number of halogens is 2. The molecule has 0 radical (unpaired) electrons. The molecule has 3 N–H and O–H groups in total. The Hall–Kier alpha value is -1.73. The van der Waals surface area contributed by atoms with Crippen molar-refractivity contribution in [2.75, 3.05) is 45.1 Å². The van der Waals surface area contributed by atoms with Crippen molar-refractivity contribution in [1.82, 2.24) is 9.80 Å². The van der Waals surface area contributed by atoms with Gasteiger partial charge in [0.2, 0.25) is 0 Å². The number of rotatable bonds is 3. The van der Waals surface area contributed by atoms with Crippen molar-refractivity contribution in [3.05, 3.63) is 29.3 Å². The highest BCUT2D eigenvalue weighted by atomic mass is 19.1. The molecule has 110 valence electrons. The Bertz CT molecular complexity index is 479. The molecule has 1 aliphatic heterocycles. The molecule has 1 aliphatic rings. The number of nitrogens with zero attached hydrogens (tertiary/aromatic N) is 2. The van der Waals surface area contributed by atoms with Crippen LogP contribution in [0.25, 0.3) is 0 Å². The summed E-state index contributed by atoms with van der Waals surface area (Å²) < 4.78 is 26.7. The lowest BCUT2D eigenvalue weighted by Crippen LogP contribution is -2.49. The van der Waals surface area contributed by atoms with E-state index in [9.17, 15) is 13.6 Å². The van der Waals surface area contributed by atoms with Gasteiger partial charge in [-0.05, 0) is 12.1 Å². The quantitative estimate of drug-likeness (QED) is 0.784. The summed E-state index contributed by atoms with van der Waals surface area (Å²) in [4.78, 5) is 15.7. The molecule has 20 heavy (non-hydrogen) atoms. The van der Waals surface area contributed by atoms with Crippen LogP contribution in [0.1, 0.15) is 10.4 Å². The van der Waals surface area contributed by atoms with Gasteiger partial charge in [0.1, 0.15) is 17.3 Å². The molecule has 0 atom stereocenters. The first-order valence-corrected chi connectivity index (χ1v) is 6.40. The van der Waals surface area contributed by atoms with Crippen LogP contribution < -0.4 is 5.73 Å². The van der Waals surface area contributed by atoms with Crippen LogP contribution >= 0.6 is 0 Å². The van der Waals surface area contributed by atoms with Gasteiger partial charge in [0.25, 0.3) is 5.91 Å². The van der Waals surface area contributed by atoms with Crippen LogP contribution in [-0.2, 0) is 0 Å². The summed E-state index contributed by atoms with van der Waals surface area (Å²) in [5, 5.41) is 8.84. The maximum atomic E-state index is 13.4. The number of aliphatic hydroxyl groups excluding tert-OH is 1. The molecule has 1 heterocycles. The lowest BCUT2D eigenvalue weighted by molar-refractivity contribution is 0.0614. The Kier molecular flexibility index (Phi) is 4.51. The molecule has 1 fully saturated rings. The van der Waals surface area contributed by atoms with Crippen molar-refractivity contribution in [2.24, 2.45) is 0 Å². The summed E-state index contributed by atoms with van der Waals surface area (Å²) in [6.45, 7) is 2.83. The van der Waals surface area contributed by atoms with Gasteiger partial charge in [-0.1, -0.05) is 0 Å². The zero-order valence-corrected chi connectivity index (χ0v) is 11.0. The summed E-state index contributed by atoms with van der Waals surface area (Å²) in [7, 11) is 0. The minimum absolute atomic E-state index is 0.0372. The molecule has 7 heteroatoms. The van der Waals surface area contributed by atoms with Gasteiger partial charge in [-0.2, -0.15) is 0 Å². The molecule has 0 spiro atoms. The summed E-state index contributed by atoms with van der Waals surface area (Å²) in [5.41, 5.74) is 4.56. The number of nitrogen functional groups attached to an aromatic ring is 1. The van der Waals surface area contributed by atoms with Gasteiger partial charge in [0.15, 0.2) is 0 Å². The van der Waals surface area contributed by atoms with Crippen LogP contribution in [0.2, 0.25) is 0 Å². The monoisotopic (exact) mass is 285 g/mol. The molecule has 1 aromatic carbocycles. The third kappa shape index (κ3) is 3.05. The normalized spacial score (nSPS) is 16.4. The van der Waals surface area contributed by atoms with E-state index in [0.717, 1.165) is 12.1 Å². The summed E-state index contributed by atoms with van der Waals surface area (Å²) in [6, 6.07) is 1.92. The highest BCUT2D eigenvalue weighted by molar-refractivity contribution is 5.94. The molecule has 5 nitrogen and oxygen atoms in total. The number of carbonyl (C=O) groups excluding carboxylic acids is 1. The predicted molar refractivity (Wildman–Crippen MR) is 70.2 cm³/mol. The number of aliphatic hydroxyl groups is 1. The Morgan fingerprint density at radius 3 is 2.25 bits per heavy atom. The average molecular weight is 285 g/mol. The molecule has 1 saturated heterocycles. The first kappa shape index (κ1) is 14.7. The SMILES string of the molecule is Nc1c(F)cc(C(=O)N2CCN(CCO)CC2)cc1F. The number of hydrogen-bond acceptors (Lipinski definition) is 4. The first-order chi connectivity index (χ1) is 9.52. The molecule has 0 saturated carbocycles. The number of piperazine rings is 1. The fourth-order valence-corrected chi connectivity index (χ4v) is 2.21.